The lowest BCUT2D eigenvalue weighted by Gasteiger charge is -2.45. The van der Waals surface area contributed by atoms with Gasteiger partial charge in [-0.15, -0.1) is 0 Å². The molecule has 0 aliphatic carbocycles. The Labute approximate surface area is 132 Å². The van der Waals surface area contributed by atoms with Crippen LogP contribution in [0.3, 0.4) is 0 Å². The first-order valence-electron chi connectivity index (χ1n) is 7.40. The van der Waals surface area contributed by atoms with Crippen LogP contribution in [-0.4, -0.2) is 110 Å². The molecular weight excluding hydrogens is 316 g/mol. The number of rotatable bonds is 4. The summed E-state index contributed by atoms with van der Waals surface area (Å²) < 4.78 is 15.9. The number of aliphatic hydroxyl groups excluding tert-OH is 7. The van der Waals surface area contributed by atoms with Gasteiger partial charge in [-0.2, -0.15) is 0 Å². The van der Waals surface area contributed by atoms with Crippen molar-refractivity contribution >= 4 is 0 Å². The first-order chi connectivity index (χ1) is 10.8. The van der Waals surface area contributed by atoms with E-state index in [0.717, 1.165) is 0 Å². The van der Waals surface area contributed by atoms with E-state index in [1.165, 1.54) is 6.92 Å². The van der Waals surface area contributed by atoms with Gasteiger partial charge in [-0.3, -0.25) is 0 Å². The van der Waals surface area contributed by atoms with Gasteiger partial charge in [0.15, 0.2) is 6.29 Å². The molecule has 136 valence electrons. The van der Waals surface area contributed by atoms with Gasteiger partial charge < -0.3 is 50.0 Å². The van der Waals surface area contributed by atoms with Crippen LogP contribution in [0.25, 0.3) is 0 Å². The molecule has 0 spiro atoms. The molecule has 2 aliphatic heterocycles. The number of aliphatic hydroxyl groups is 7. The Morgan fingerprint density at radius 3 is 1.83 bits per heavy atom. The summed E-state index contributed by atoms with van der Waals surface area (Å²) in [7, 11) is 0. The smallest absolute Gasteiger partial charge is 0.187 e. The second-order valence-corrected chi connectivity index (χ2v) is 5.84. The van der Waals surface area contributed by atoms with Gasteiger partial charge in [0.2, 0.25) is 0 Å². The summed E-state index contributed by atoms with van der Waals surface area (Å²) in [5.41, 5.74) is 0. The predicted molar refractivity (Wildman–Crippen MR) is 72.1 cm³/mol. The molecule has 2 heterocycles. The monoisotopic (exact) mass is 340 g/mol. The lowest BCUT2D eigenvalue weighted by atomic mass is 9.95. The zero-order chi connectivity index (χ0) is 17.3. The van der Waals surface area contributed by atoms with Crippen molar-refractivity contribution in [3.05, 3.63) is 0 Å². The van der Waals surface area contributed by atoms with Crippen molar-refractivity contribution in [1.82, 2.24) is 0 Å². The normalized spacial score (nSPS) is 51.7. The van der Waals surface area contributed by atoms with Crippen LogP contribution in [-0.2, 0) is 14.2 Å². The minimum atomic E-state index is -1.63. The van der Waals surface area contributed by atoms with Crippen LogP contribution in [0.5, 0.6) is 0 Å². The van der Waals surface area contributed by atoms with Gasteiger partial charge in [0.1, 0.15) is 48.8 Å². The van der Waals surface area contributed by atoms with Crippen molar-refractivity contribution in [3.8, 4) is 0 Å². The van der Waals surface area contributed by atoms with Crippen molar-refractivity contribution in [3.63, 3.8) is 0 Å². The quantitative estimate of drug-likeness (QED) is 0.265. The van der Waals surface area contributed by atoms with E-state index in [4.69, 9.17) is 24.4 Å². The Morgan fingerprint density at radius 2 is 1.26 bits per heavy atom. The summed E-state index contributed by atoms with van der Waals surface area (Å²) in [5, 5.41) is 67.5. The molecule has 0 saturated carbocycles. The highest BCUT2D eigenvalue weighted by atomic mass is 16.7. The van der Waals surface area contributed by atoms with E-state index >= 15 is 0 Å². The molecule has 2 rings (SSSR count). The molecule has 2 fully saturated rings. The molecule has 0 amide bonds. The van der Waals surface area contributed by atoms with E-state index in [1.807, 2.05) is 0 Å². The number of hydrogen-bond donors (Lipinski definition) is 7. The molecule has 0 radical (unpaired) electrons. The Morgan fingerprint density at radius 1 is 0.739 bits per heavy atom. The van der Waals surface area contributed by atoms with E-state index in [0.29, 0.717) is 0 Å². The van der Waals surface area contributed by atoms with Crippen LogP contribution < -0.4 is 0 Å². The third kappa shape index (κ3) is 3.66. The summed E-state index contributed by atoms with van der Waals surface area (Å²) in [6.45, 7) is 0.432. The molecule has 10 nitrogen and oxygen atoms in total. The summed E-state index contributed by atoms with van der Waals surface area (Å²) in [6.07, 6.45) is -13.0. The third-order valence-electron chi connectivity index (χ3n) is 4.24. The highest BCUT2D eigenvalue weighted by Crippen LogP contribution is 2.28. The van der Waals surface area contributed by atoms with Gasteiger partial charge in [0.25, 0.3) is 0 Å². The molecule has 10 heteroatoms. The van der Waals surface area contributed by atoms with Gasteiger partial charge in [-0.05, 0) is 6.92 Å². The lowest BCUT2D eigenvalue weighted by Crippen LogP contribution is -2.63. The minimum absolute atomic E-state index is 0.491. The second kappa shape index (κ2) is 7.66. The summed E-state index contributed by atoms with van der Waals surface area (Å²) in [5.74, 6) is 0. The maximum atomic E-state index is 10.1. The summed E-state index contributed by atoms with van der Waals surface area (Å²) in [4.78, 5) is 0. The van der Waals surface area contributed by atoms with Gasteiger partial charge in [-0.25, -0.2) is 0 Å². The van der Waals surface area contributed by atoms with Crippen molar-refractivity contribution in [1.29, 1.82) is 0 Å². The molecule has 0 aromatic rings. The molecule has 10 atom stereocenters. The Hall–Kier alpha value is -0.400. The van der Waals surface area contributed by atoms with Crippen LogP contribution in [0.1, 0.15) is 6.92 Å². The zero-order valence-corrected chi connectivity index (χ0v) is 12.5. The molecule has 0 aromatic carbocycles. The molecule has 0 aromatic heterocycles. The molecular formula is C13H24O10. The van der Waals surface area contributed by atoms with Crippen LogP contribution in [0, 0.1) is 0 Å². The topological polar surface area (TPSA) is 169 Å². The van der Waals surface area contributed by atoms with E-state index in [2.05, 4.69) is 0 Å². The fourth-order valence-electron chi connectivity index (χ4n) is 2.80. The predicted octanol–water partition coefficient (Wildman–Crippen LogP) is -4.33. The van der Waals surface area contributed by atoms with Gasteiger partial charge in [-0.1, -0.05) is 0 Å². The van der Waals surface area contributed by atoms with Crippen molar-refractivity contribution in [2.45, 2.75) is 68.1 Å². The standard InChI is InChI=1S/C13H24O10/c1-4-12(10(19)8(17)5(2-14)21-4)23-13-11(20)9(18)7(16)6(3-15)22-13/h4-20H,2-3H2,1H3/t4-,5?,6?,7-,8-,9-,10?,11?,12+,13-/m0/s1. The lowest BCUT2D eigenvalue weighted by molar-refractivity contribution is -0.340. The van der Waals surface area contributed by atoms with Crippen molar-refractivity contribution < 1.29 is 50.0 Å². The van der Waals surface area contributed by atoms with Crippen LogP contribution in [0.15, 0.2) is 0 Å². The Bertz CT molecular complexity index is 380. The van der Waals surface area contributed by atoms with Gasteiger partial charge in [0.05, 0.1) is 19.3 Å². The molecule has 0 bridgehead atoms. The molecule has 7 N–H and O–H groups in total. The average Bonchev–Trinajstić information content (AvgIpc) is 2.54. The molecule has 2 aliphatic rings. The van der Waals surface area contributed by atoms with E-state index < -0.39 is 74.4 Å². The largest absolute Gasteiger partial charge is 0.394 e. The van der Waals surface area contributed by atoms with E-state index in [-0.39, 0.29) is 0 Å². The fourth-order valence-corrected chi connectivity index (χ4v) is 2.80. The Kier molecular flexibility index (Phi) is 6.30. The Balaban J connectivity index is 2.08. The summed E-state index contributed by atoms with van der Waals surface area (Å²) in [6, 6.07) is 0. The minimum Gasteiger partial charge on any atom is -0.394 e. The SMILES string of the molecule is C[C@@H]1OC(CO)[C@H](O)C(O)[C@@H]1O[C@@H]1OC(CO)[C@H](O)[C@H](O)C1O. The molecule has 2 saturated heterocycles. The maximum Gasteiger partial charge on any atom is 0.187 e. The van der Waals surface area contributed by atoms with E-state index in [9.17, 15) is 25.5 Å². The van der Waals surface area contributed by atoms with Gasteiger partial charge in [0, 0.05) is 0 Å². The first-order valence-corrected chi connectivity index (χ1v) is 7.40. The van der Waals surface area contributed by atoms with Crippen LogP contribution in [0.2, 0.25) is 0 Å². The van der Waals surface area contributed by atoms with Crippen LogP contribution in [0.4, 0.5) is 0 Å². The molecule has 4 unspecified atom stereocenters. The highest BCUT2D eigenvalue weighted by Gasteiger charge is 2.49. The second-order valence-electron chi connectivity index (χ2n) is 5.84. The van der Waals surface area contributed by atoms with Gasteiger partial charge >= 0.3 is 0 Å². The maximum absolute atomic E-state index is 10.1. The van der Waals surface area contributed by atoms with E-state index in [1.54, 1.807) is 0 Å². The van der Waals surface area contributed by atoms with Crippen LogP contribution >= 0.6 is 0 Å². The number of ether oxygens (including phenoxy) is 3. The fraction of sp³-hybridized carbons (Fsp3) is 1.00. The molecule has 23 heavy (non-hydrogen) atoms. The average molecular weight is 340 g/mol. The number of hydrogen-bond acceptors (Lipinski definition) is 10. The first kappa shape index (κ1) is 18.9. The summed E-state index contributed by atoms with van der Waals surface area (Å²) >= 11 is 0. The third-order valence-corrected chi connectivity index (χ3v) is 4.24. The zero-order valence-electron chi connectivity index (χ0n) is 12.5. The van der Waals surface area contributed by atoms with Crippen molar-refractivity contribution in [2.75, 3.05) is 13.2 Å². The highest BCUT2D eigenvalue weighted by molar-refractivity contribution is 4.94. The van der Waals surface area contributed by atoms with Crippen molar-refractivity contribution in [2.24, 2.45) is 0 Å².